The molecule has 1 saturated carbocycles. The van der Waals surface area contributed by atoms with Gasteiger partial charge in [0.2, 0.25) is 0 Å². The maximum atomic E-state index is 4.65. The van der Waals surface area contributed by atoms with E-state index in [1.807, 2.05) is 6.08 Å². The van der Waals surface area contributed by atoms with Crippen molar-refractivity contribution in [1.82, 2.24) is 0 Å². The highest BCUT2D eigenvalue weighted by Crippen LogP contribution is 2.29. The summed E-state index contributed by atoms with van der Waals surface area (Å²) in [7, 11) is 0. The van der Waals surface area contributed by atoms with Crippen LogP contribution in [0.15, 0.2) is 34.4 Å². The standard InChI is InChI=1S/C17H21BrS/c1-13-3-5-14(6-4-13)7-8-15-9-10-16(18)12-17(2,19)11-15/h9-14,19H,3-6H2,1-2H3. The maximum absolute atomic E-state index is 4.65. The summed E-state index contributed by atoms with van der Waals surface area (Å²) in [6.45, 7) is 4.42. The summed E-state index contributed by atoms with van der Waals surface area (Å²) in [6, 6.07) is 0. The molecule has 2 aliphatic carbocycles. The maximum Gasteiger partial charge on any atom is 0.0488 e. The van der Waals surface area contributed by atoms with E-state index in [2.05, 4.69) is 72.5 Å². The Kier molecular flexibility index (Phi) is 5.03. The van der Waals surface area contributed by atoms with Crippen LogP contribution in [0.5, 0.6) is 0 Å². The van der Waals surface area contributed by atoms with E-state index in [9.17, 15) is 0 Å². The predicted molar refractivity (Wildman–Crippen MR) is 90.5 cm³/mol. The van der Waals surface area contributed by atoms with E-state index in [-0.39, 0.29) is 4.75 Å². The Balaban J connectivity index is 2.07. The topological polar surface area (TPSA) is 0 Å². The quantitative estimate of drug-likeness (QED) is 0.451. The zero-order valence-corrected chi connectivity index (χ0v) is 14.1. The molecule has 1 fully saturated rings. The van der Waals surface area contributed by atoms with E-state index in [1.54, 1.807) is 0 Å². The monoisotopic (exact) mass is 336 g/mol. The van der Waals surface area contributed by atoms with Gasteiger partial charge in [-0.2, -0.15) is 12.6 Å². The third kappa shape index (κ3) is 4.89. The first-order valence-electron chi connectivity index (χ1n) is 6.98. The second-order valence-electron chi connectivity index (χ2n) is 5.91. The van der Waals surface area contributed by atoms with Crippen molar-refractivity contribution < 1.29 is 0 Å². The van der Waals surface area contributed by atoms with Crippen LogP contribution in [-0.2, 0) is 0 Å². The van der Waals surface area contributed by atoms with Gasteiger partial charge in [0.1, 0.15) is 0 Å². The molecule has 0 spiro atoms. The van der Waals surface area contributed by atoms with Gasteiger partial charge in [0.15, 0.2) is 0 Å². The van der Waals surface area contributed by atoms with Crippen LogP contribution in [0.1, 0.15) is 39.5 Å². The van der Waals surface area contributed by atoms with Crippen LogP contribution in [0.3, 0.4) is 0 Å². The van der Waals surface area contributed by atoms with Gasteiger partial charge in [-0.1, -0.05) is 40.8 Å². The van der Waals surface area contributed by atoms with Crippen LogP contribution in [0.2, 0.25) is 0 Å². The van der Waals surface area contributed by atoms with Crippen molar-refractivity contribution in [2.24, 2.45) is 11.8 Å². The van der Waals surface area contributed by atoms with Gasteiger partial charge in [-0.05, 0) is 56.8 Å². The summed E-state index contributed by atoms with van der Waals surface area (Å²) in [5.41, 5.74) is 1.07. The fourth-order valence-corrected chi connectivity index (χ4v) is 3.63. The van der Waals surface area contributed by atoms with E-state index in [4.69, 9.17) is 0 Å². The number of rotatable bonds is 0. The molecule has 0 aromatic carbocycles. The highest BCUT2D eigenvalue weighted by Gasteiger charge is 2.17. The minimum atomic E-state index is -0.243. The highest BCUT2D eigenvalue weighted by atomic mass is 79.9. The molecule has 0 aliphatic heterocycles. The lowest BCUT2D eigenvalue weighted by molar-refractivity contribution is 0.337. The first kappa shape index (κ1) is 15.0. The average molecular weight is 337 g/mol. The van der Waals surface area contributed by atoms with Crippen LogP contribution in [-0.4, -0.2) is 4.75 Å². The number of thiol groups is 1. The molecule has 0 bridgehead atoms. The number of allylic oxidation sites excluding steroid dienone is 4. The molecule has 1 unspecified atom stereocenters. The van der Waals surface area contributed by atoms with Crippen molar-refractivity contribution >= 4 is 28.6 Å². The Labute approximate surface area is 131 Å². The highest BCUT2D eigenvalue weighted by molar-refractivity contribution is 9.11. The van der Waals surface area contributed by atoms with E-state index < -0.39 is 0 Å². The summed E-state index contributed by atoms with van der Waals surface area (Å²) < 4.78 is 0.817. The second kappa shape index (κ2) is 6.37. The predicted octanol–water partition coefficient (Wildman–Crippen LogP) is 5.28. The van der Waals surface area contributed by atoms with Gasteiger partial charge in [-0.25, -0.2) is 0 Å². The molecule has 0 heterocycles. The molecule has 0 aromatic rings. The molecule has 0 radical (unpaired) electrons. The first-order chi connectivity index (χ1) is 8.94. The molecular formula is C17H21BrS. The minimum absolute atomic E-state index is 0.243. The second-order valence-corrected chi connectivity index (χ2v) is 7.79. The van der Waals surface area contributed by atoms with Crippen LogP contribution in [0, 0.1) is 23.7 Å². The molecule has 0 nitrogen and oxygen atoms in total. The van der Waals surface area contributed by atoms with E-state index >= 15 is 0 Å². The average Bonchev–Trinajstić information content (AvgIpc) is 2.46. The molecule has 0 amide bonds. The number of hydrogen-bond acceptors (Lipinski definition) is 1. The summed E-state index contributed by atoms with van der Waals surface area (Å²) in [5.74, 6) is 8.26. The van der Waals surface area contributed by atoms with E-state index in [1.165, 1.54) is 25.7 Å². The molecule has 0 aromatic heterocycles. The van der Waals surface area contributed by atoms with Crippen molar-refractivity contribution in [2.75, 3.05) is 0 Å². The Hall–Kier alpha value is -0.390. The van der Waals surface area contributed by atoms with Gasteiger partial charge in [0.05, 0.1) is 0 Å². The molecule has 2 rings (SSSR count). The Morgan fingerprint density at radius 1 is 1.21 bits per heavy atom. The summed E-state index contributed by atoms with van der Waals surface area (Å²) in [6.07, 6.45) is 13.5. The normalized spacial score (nSPS) is 34.7. The van der Waals surface area contributed by atoms with Crippen molar-refractivity contribution in [3.63, 3.8) is 0 Å². The molecule has 102 valence electrons. The van der Waals surface area contributed by atoms with Crippen LogP contribution >= 0.6 is 28.6 Å². The van der Waals surface area contributed by atoms with Crippen molar-refractivity contribution in [3.8, 4) is 11.8 Å². The lowest BCUT2D eigenvalue weighted by Gasteiger charge is -2.22. The van der Waals surface area contributed by atoms with Gasteiger partial charge < -0.3 is 0 Å². The van der Waals surface area contributed by atoms with Gasteiger partial charge >= 0.3 is 0 Å². The Bertz CT molecular complexity index is 477. The fraction of sp³-hybridized carbons (Fsp3) is 0.529. The molecule has 2 heteroatoms. The van der Waals surface area contributed by atoms with Crippen LogP contribution in [0.4, 0.5) is 0 Å². The van der Waals surface area contributed by atoms with Gasteiger partial charge in [0.25, 0.3) is 0 Å². The molecule has 0 saturated heterocycles. The third-order valence-corrected chi connectivity index (χ3v) is 4.49. The van der Waals surface area contributed by atoms with Crippen LogP contribution < -0.4 is 0 Å². The smallest absolute Gasteiger partial charge is 0.0488 e. The van der Waals surface area contributed by atoms with Crippen molar-refractivity contribution in [3.05, 3.63) is 34.4 Å². The summed E-state index contributed by atoms with van der Waals surface area (Å²) in [4.78, 5) is 0. The number of halogens is 1. The fourth-order valence-electron chi connectivity index (χ4n) is 2.57. The third-order valence-electron chi connectivity index (χ3n) is 3.74. The SMILES string of the molecule is CC1CCC(C#CC2=CC(C)(S)C=C(Br)C=C2)CC1. The molecule has 19 heavy (non-hydrogen) atoms. The molecule has 0 N–H and O–H groups in total. The summed E-state index contributed by atoms with van der Waals surface area (Å²) >= 11 is 8.17. The van der Waals surface area contributed by atoms with Crippen molar-refractivity contribution in [2.45, 2.75) is 44.3 Å². The summed E-state index contributed by atoms with van der Waals surface area (Å²) in [5, 5.41) is 0. The Morgan fingerprint density at radius 2 is 1.89 bits per heavy atom. The first-order valence-corrected chi connectivity index (χ1v) is 8.22. The zero-order chi connectivity index (χ0) is 13.9. The van der Waals surface area contributed by atoms with E-state index in [0.29, 0.717) is 5.92 Å². The number of hydrogen-bond donors (Lipinski definition) is 1. The van der Waals surface area contributed by atoms with Gasteiger partial charge in [-0.15, -0.1) is 0 Å². The lowest BCUT2D eigenvalue weighted by atomic mass is 9.83. The molecule has 1 atom stereocenters. The van der Waals surface area contributed by atoms with Gasteiger partial charge in [0, 0.05) is 20.7 Å². The van der Waals surface area contributed by atoms with E-state index in [0.717, 1.165) is 16.0 Å². The Morgan fingerprint density at radius 3 is 2.58 bits per heavy atom. The lowest BCUT2D eigenvalue weighted by Crippen LogP contribution is -2.10. The zero-order valence-electron chi connectivity index (χ0n) is 11.6. The molecule has 2 aliphatic rings. The van der Waals surface area contributed by atoms with Crippen molar-refractivity contribution in [1.29, 1.82) is 0 Å². The molecular weight excluding hydrogens is 316 g/mol. The van der Waals surface area contributed by atoms with Crippen LogP contribution in [0.25, 0.3) is 0 Å². The minimum Gasteiger partial charge on any atom is -0.164 e. The van der Waals surface area contributed by atoms with Gasteiger partial charge in [-0.3, -0.25) is 0 Å². The largest absolute Gasteiger partial charge is 0.164 e.